The fourth-order valence-electron chi connectivity index (χ4n) is 3.19. The van der Waals surface area contributed by atoms with Crippen LogP contribution in [0, 0.1) is 0 Å². The van der Waals surface area contributed by atoms with Gasteiger partial charge < -0.3 is 19.5 Å². The number of piperidine rings is 1. The van der Waals surface area contributed by atoms with Gasteiger partial charge in [-0.2, -0.15) is 13.2 Å². The summed E-state index contributed by atoms with van der Waals surface area (Å²) in [4.78, 5) is 13.7. The van der Waals surface area contributed by atoms with Crippen LogP contribution in [-0.2, 0) is 6.18 Å². The lowest BCUT2D eigenvalue weighted by Crippen LogP contribution is -2.30. The van der Waals surface area contributed by atoms with Gasteiger partial charge in [0.25, 0.3) is 0 Å². The van der Waals surface area contributed by atoms with E-state index >= 15 is 0 Å². The maximum absolute atomic E-state index is 13.2. The summed E-state index contributed by atoms with van der Waals surface area (Å²) in [6.07, 6.45) is -1.50. The van der Waals surface area contributed by atoms with Gasteiger partial charge in [0, 0.05) is 13.1 Å². The number of carboxylic acids is 1. The molecule has 1 aliphatic rings. The first kappa shape index (κ1) is 21.2. The number of halogens is 3. The summed E-state index contributed by atoms with van der Waals surface area (Å²) in [5.74, 6) is -0.600. The Bertz CT molecular complexity index is 884. The molecule has 9 heteroatoms. The van der Waals surface area contributed by atoms with E-state index in [1.165, 1.54) is 31.4 Å². The number of benzene rings is 2. The van der Waals surface area contributed by atoms with Crippen molar-refractivity contribution in [2.75, 3.05) is 29.8 Å². The second-order valence-electron chi connectivity index (χ2n) is 6.65. The number of hydrogen-bond acceptors (Lipinski definition) is 5. The Morgan fingerprint density at radius 2 is 1.86 bits per heavy atom. The zero-order valence-corrected chi connectivity index (χ0v) is 16.6. The van der Waals surface area contributed by atoms with Gasteiger partial charge in [0.15, 0.2) is 0 Å². The van der Waals surface area contributed by atoms with Gasteiger partial charge in [-0.3, -0.25) is 0 Å². The molecule has 1 saturated heterocycles. The van der Waals surface area contributed by atoms with Gasteiger partial charge in [-0.1, -0.05) is 0 Å². The quantitative estimate of drug-likeness (QED) is 0.593. The predicted molar refractivity (Wildman–Crippen MR) is 107 cm³/mol. The number of methoxy groups -OCH3 is 1. The SMILES string of the molecule is COc1ccc(C(=O)O)cc1SNc1ccc(C(F)(F)F)cc1N1CCCCC1. The Hall–Kier alpha value is -2.55. The van der Waals surface area contributed by atoms with Crippen LogP contribution in [0.1, 0.15) is 35.2 Å². The molecule has 0 atom stereocenters. The molecular formula is C20H21F3N2O3S. The highest BCUT2D eigenvalue weighted by molar-refractivity contribution is 8.00. The molecule has 156 valence electrons. The lowest BCUT2D eigenvalue weighted by Gasteiger charge is -2.31. The topological polar surface area (TPSA) is 61.8 Å². The number of carboxylic acid groups (broad SMARTS) is 1. The van der Waals surface area contributed by atoms with E-state index in [4.69, 9.17) is 4.74 Å². The molecule has 29 heavy (non-hydrogen) atoms. The highest BCUT2D eigenvalue weighted by Gasteiger charge is 2.32. The molecular weight excluding hydrogens is 405 g/mol. The van der Waals surface area contributed by atoms with Crippen molar-refractivity contribution >= 4 is 29.3 Å². The normalized spacial score (nSPS) is 14.6. The predicted octanol–water partition coefficient (Wildman–Crippen LogP) is 5.52. The molecule has 0 amide bonds. The average Bonchev–Trinajstić information content (AvgIpc) is 2.71. The summed E-state index contributed by atoms with van der Waals surface area (Å²) in [7, 11) is 1.47. The van der Waals surface area contributed by atoms with Crippen LogP contribution in [0.15, 0.2) is 41.3 Å². The van der Waals surface area contributed by atoms with Crippen molar-refractivity contribution in [3.8, 4) is 5.75 Å². The number of alkyl halides is 3. The average molecular weight is 426 g/mol. The molecule has 0 radical (unpaired) electrons. The van der Waals surface area contributed by atoms with E-state index in [9.17, 15) is 23.1 Å². The van der Waals surface area contributed by atoms with Crippen LogP contribution in [-0.4, -0.2) is 31.3 Å². The van der Waals surface area contributed by atoms with Crippen LogP contribution in [0.2, 0.25) is 0 Å². The van der Waals surface area contributed by atoms with E-state index in [-0.39, 0.29) is 5.56 Å². The van der Waals surface area contributed by atoms with Crippen LogP contribution in [0.3, 0.4) is 0 Å². The number of anilines is 2. The summed E-state index contributed by atoms with van der Waals surface area (Å²) in [5.41, 5.74) is 0.422. The van der Waals surface area contributed by atoms with Crippen molar-refractivity contribution in [3.05, 3.63) is 47.5 Å². The molecule has 5 nitrogen and oxygen atoms in total. The van der Waals surface area contributed by atoms with Gasteiger partial charge in [-0.05, 0) is 67.6 Å². The Labute approximate surface area is 171 Å². The highest BCUT2D eigenvalue weighted by Crippen LogP contribution is 2.39. The zero-order valence-electron chi connectivity index (χ0n) is 15.8. The van der Waals surface area contributed by atoms with Crippen LogP contribution >= 0.6 is 11.9 Å². The lowest BCUT2D eigenvalue weighted by molar-refractivity contribution is -0.137. The summed E-state index contributed by atoms with van der Waals surface area (Å²) in [6.45, 7) is 1.39. The van der Waals surface area contributed by atoms with Crippen LogP contribution in [0.4, 0.5) is 24.5 Å². The molecule has 2 aromatic carbocycles. The maximum atomic E-state index is 13.2. The molecule has 1 heterocycles. The van der Waals surface area contributed by atoms with E-state index < -0.39 is 17.7 Å². The van der Waals surface area contributed by atoms with Crippen LogP contribution in [0.5, 0.6) is 5.75 Å². The van der Waals surface area contributed by atoms with Gasteiger partial charge in [-0.15, -0.1) is 0 Å². The first-order chi connectivity index (χ1) is 13.8. The van der Waals surface area contributed by atoms with E-state index in [1.807, 2.05) is 4.90 Å². The van der Waals surface area contributed by atoms with Crippen molar-refractivity contribution in [1.82, 2.24) is 0 Å². The Kier molecular flexibility index (Phi) is 6.46. The number of nitrogens with one attached hydrogen (secondary N) is 1. The molecule has 0 unspecified atom stereocenters. The minimum atomic E-state index is -4.42. The lowest BCUT2D eigenvalue weighted by atomic mass is 10.1. The smallest absolute Gasteiger partial charge is 0.416 e. The molecule has 3 rings (SSSR count). The van der Waals surface area contributed by atoms with Crippen molar-refractivity contribution in [2.24, 2.45) is 0 Å². The van der Waals surface area contributed by atoms with E-state index in [0.717, 1.165) is 37.3 Å². The fourth-order valence-corrected chi connectivity index (χ4v) is 4.02. The molecule has 0 saturated carbocycles. The fraction of sp³-hybridized carbons (Fsp3) is 0.350. The maximum Gasteiger partial charge on any atom is 0.416 e. The highest BCUT2D eigenvalue weighted by atomic mass is 32.2. The monoisotopic (exact) mass is 426 g/mol. The molecule has 2 aromatic rings. The van der Waals surface area contributed by atoms with Crippen LogP contribution in [0.25, 0.3) is 0 Å². The number of ether oxygens (including phenoxy) is 1. The second-order valence-corrected chi connectivity index (χ2v) is 7.50. The molecule has 0 bridgehead atoms. The molecule has 0 spiro atoms. The third-order valence-corrected chi connectivity index (χ3v) is 5.56. The van der Waals surface area contributed by atoms with Gasteiger partial charge in [0.2, 0.25) is 0 Å². The molecule has 1 aliphatic heterocycles. The minimum absolute atomic E-state index is 0.0961. The molecule has 2 N–H and O–H groups in total. The summed E-state index contributed by atoms with van der Waals surface area (Å²) < 4.78 is 48.0. The van der Waals surface area contributed by atoms with E-state index in [0.29, 0.717) is 35.1 Å². The van der Waals surface area contributed by atoms with Crippen molar-refractivity contribution in [3.63, 3.8) is 0 Å². The Morgan fingerprint density at radius 3 is 2.48 bits per heavy atom. The van der Waals surface area contributed by atoms with Gasteiger partial charge in [-0.25, -0.2) is 4.79 Å². The number of rotatable bonds is 6. The second kappa shape index (κ2) is 8.86. The van der Waals surface area contributed by atoms with E-state index in [2.05, 4.69) is 4.72 Å². The summed E-state index contributed by atoms with van der Waals surface area (Å²) in [5, 5.41) is 9.20. The summed E-state index contributed by atoms with van der Waals surface area (Å²) in [6, 6.07) is 8.06. The number of nitrogens with zero attached hydrogens (tertiary/aromatic N) is 1. The van der Waals surface area contributed by atoms with E-state index in [1.54, 1.807) is 6.07 Å². The third-order valence-electron chi connectivity index (χ3n) is 4.70. The van der Waals surface area contributed by atoms with Gasteiger partial charge >= 0.3 is 12.1 Å². The minimum Gasteiger partial charge on any atom is -0.496 e. The van der Waals surface area contributed by atoms with Gasteiger partial charge in [0.1, 0.15) is 5.75 Å². The first-order valence-corrected chi connectivity index (χ1v) is 9.91. The number of carbonyl (C=O) groups is 1. The van der Waals surface area contributed by atoms with Crippen molar-refractivity contribution in [1.29, 1.82) is 0 Å². The number of hydrogen-bond donors (Lipinski definition) is 2. The van der Waals surface area contributed by atoms with Crippen molar-refractivity contribution in [2.45, 2.75) is 30.3 Å². The molecule has 1 fully saturated rings. The largest absolute Gasteiger partial charge is 0.496 e. The first-order valence-electron chi connectivity index (χ1n) is 9.10. The molecule has 0 aliphatic carbocycles. The summed E-state index contributed by atoms with van der Waals surface area (Å²) >= 11 is 1.10. The molecule has 0 aromatic heterocycles. The van der Waals surface area contributed by atoms with Gasteiger partial charge in [0.05, 0.1) is 34.5 Å². The standard InChI is InChI=1S/C20H21F3N2O3S/c1-28-17-8-5-13(19(26)27)11-18(17)29-24-15-7-6-14(20(21,22)23)12-16(15)25-9-3-2-4-10-25/h5-8,11-12,24H,2-4,9-10H2,1H3,(H,26,27). The Morgan fingerprint density at radius 1 is 1.14 bits per heavy atom. The van der Waals surface area contributed by atoms with Crippen LogP contribution < -0.4 is 14.4 Å². The Balaban J connectivity index is 1.90. The third kappa shape index (κ3) is 5.09. The number of aromatic carboxylic acids is 1. The van der Waals surface area contributed by atoms with Crippen molar-refractivity contribution < 1.29 is 27.8 Å². The zero-order chi connectivity index (χ0) is 21.0.